The molecule has 4 N–H and O–H groups in total. The second-order valence-electron chi connectivity index (χ2n) is 7.21. The number of para-hydroxylation sites is 1. The highest BCUT2D eigenvalue weighted by Gasteiger charge is 2.20. The number of benzene rings is 2. The molecule has 9 nitrogen and oxygen atoms in total. The van der Waals surface area contributed by atoms with Gasteiger partial charge in [-0.05, 0) is 30.7 Å². The predicted molar refractivity (Wildman–Crippen MR) is 115 cm³/mol. The van der Waals surface area contributed by atoms with Crippen LogP contribution < -0.4 is 11.4 Å². The van der Waals surface area contributed by atoms with Gasteiger partial charge in [0.25, 0.3) is 5.89 Å². The van der Waals surface area contributed by atoms with Crippen LogP contribution in [-0.2, 0) is 11.2 Å². The van der Waals surface area contributed by atoms with Crippen LogP contribution in [0.5, 0.6) is 0 Å². The first kappa shape index (κ1) is 18.6. The van der Waals surface area contributed by atoms with E-state index in [1.54, 1.807) is 10.8 Å². The first-order valence-electron chi connectivity index (χ1n) is 9.61. The fraction of sp³-hybridized carbons (Fsp3) is 0.0909. The average Bonchev–Trinajstić information content (AvgIpc) is 3.46. The second kappa shape index (κ2) is 7.13. The third-order valence-corrected chi connectivity index (χ3v) is 5.13. The monoisotopic (exact) mass is 414 g/mol. The first-order valence-corrected chi connectivity index (χ1v) is 9.61. The van der Waals surface area contributed by atoms with Crippen LogP contribution in [0, 0.1) is 6.92 Å². The van der Waals surface area contributed by atoms with Crippen molar-refractivity contribution in [1.29, 1.82) is 0 Å². The number of amides is 1. The van der Waals surface area contributed by atoms with Gasteiger partial charge < -0.3 is 20.2 Å². The minimum Gasteiger partial charge on any atom is -0.369 e. The van der Waals surface area contributed by atoms with Gasteiger partial charge in [-0.2, -0.15) is 4.98 Å². The van der Waals surface area contributed by atoms with Gasteiger partial charge in [-0.1, -0.05) is 35.5 Å². The highest BCUT2D eigenvalue weighted by Crippen LogP contribution is 2.31. The fourth-order valence-corrected chi connectivity index (χ4v) is 3.74. The quantitative estimate of drug-likeness (QED) is 0.406. The number of carbonyl (C=O) groups is 1. The highest BCUT2D eigenvalue weighted by molar-refractivity contribution is 5.93. The molecule has 3 aromatic heterocycles. The van der Waals surface area contributed by atoms with Crippen LogP contribution in [0.4, 0.5) is 0 Å². The van der Waals surface area contributed by atoms with E-state index in [0.717, 1.165) is 16.6 Å². The van der Waals surface area contributed by atoms with Gasteiger partial charge in [0.05, 0.1) is 12.1 Å². The smallest absolute Gasteiger partial charge is 0.330 e. The molecule has 0 aliphatic carbocycles. The van der Waals surface area contributed by atoms with Crippen LogP contribution >= 0.6 is 0 Å². The van der Waals surface area contributed by atoms with E-state index < -0.39 is 5.91 Å². The van der Waals surface area contributed by atoms with Crippen LogP contribution in [0.3, 0.4) is 0 Å². The van der Waals surface area contributed by atoms with Gasteiger partial charge in [-0.25, -0.2) is 4.79 Å². The molecule has 31 heavy (non-hydrogen) atoms. The van der Waals surface area contributed by atoms with Crippen molar-refractivity contribution in [2.24, 2.45) is 5.73 Å². The molecule has 5 rings (SSSR count). The lowest BCUT2D eigenvalue weighted by Gasteiger charge is -2.05. The zero-order valence-electron chi connectivity index (χ0n) is 16.5. The molecule has 0 aliphatic rings. The summed E-state index contributed by atoms with van der Waals surface area (Å²) >= 11 is 0. The molecular weight excluding hydrogens is 396 g/mol. The number of aromatic nitrogens is 5. The number of nitrogens with one attached hydrogen (secondary N) is 2. The van der Waals surface area contributed by atoms with Crippen molar-refractivity contribution >= 4 is 16.8 Å². The van der Waals surface area contributed by atoms with Gasteiger partial charge in [0.1, 0.15) is 5.69 Å². The molecule has 0 spiro atoms. The molecule has 0 saturated carbocycles. The Bertz CT molecular complexity index is 1490. The summed E-state index contributed by atoms with van der Waals surface area (Å²) in [5, 5.41) is 4.98. The largest absolute Gasteiger partial charge is 0.369 e. The second-order valence-corrected chi connectivity index (χ2v) is 7.21. The lowest BCUT2D eigenvalue weighted by Crippen LogP contribution is -2.15. The van der Waals surface area contributed by atoms with Crippen LogP contribution in [0.2, 0.25) is 0 Å². The van der Waals surface area contributed by atoms with E-state index in [2.05, 4.69) is 20.1 Å². The molecule has 0 saturated heterocycles. The molecule has 9 heteroatoms. The molecule has 0 bridgehead atoms. The van der Waals surface area contributed by atoms with Crippen molar-refractivity contribution in [3.8, 4) is 28.7 Å². The Morgan fingerprint density at radius 2 is 2.03 bits per heavy atom. The van der Waals surface area contributed by atoms with Crippen molar-refractivity contribution in [3.63, 3.8) is 0 Å². The lowest BCUT2D eigenvalue weighted by atomic mass is 10.1. The van der Waals surface area contributed by atoms with Crippen LogP contribution in [-0.4, -0.2) is 30.6 Å². The van der Waals surface area contributed by atoms with E-state index in [4.69, 9.17) is 10.3 Å². The number of primary amides is 1. The lowest BCUT2D eigenvalue weighted by molar-refractivity contribution is -0.117. The topological polar surface area (TPSA) is 136 Å². The zero-order valence-corrected chi connectivity index (χ0v) is 16.5. The third-order valence-electron chi connectivity index (χ3n) is 5.13. The van der Waals surface area contributed by atoms with Crippen molar-refractivity contribution < 1.29 is 9.32 Å². The van der Waals surface area contributed by atoms with Gasteiger partial charge in [0, 0.05) is 28.4 Å². The van der Waals surface area contributed by atoms with Crippen molar-refractivity contribution in [3.05, 3.63) is 76.5 Å². The molecule has 0 unspecified atom stereocenters. The number of aryl methyl sites for hydroxylation is 1. The standard InChI is InChI=1S/C22H18N6O3/c1-12-11-24-22(30)28(12)14-6-4-5-13(9-14)20-26-21(31-27-20)19-16(10-18(23)29)15-7-2-3-8-17(15)25-19/h2-9,11,25H,10H2,1H3,(H2,23,29)(H,24,30). The number of H-pyrrole nitrogens is 2. The van der Waals surface area contributed by atoms with E-state index in [1.165, 1.54) is 0 Å². The Hall–Kier alpha value is -4.40. The Morgan fingerprint density at radius 1 is 1.19 bits per heavy atom. The molecule has 0 atom stereocenters. The summed E-state index contributed by atoms with van der Waals surface area (Å²) in [6.45, 7) is 1.84. The van der Waals surface area contributed by atoms with E-state index in [0.29, 0.717) is 28.3 Å². The highest BCUT2D eigenvalue weighted by atomic mass is 16.5. The Kier molecular flexibility index (Phi) is 4.28. The number of nitrogens with zero attached hydrogens (tertiary/aromatic N) is 3. The van der Waals surface area contributed by atoms with Gasteiger partial charge in [-0.3, -0.25) is 9.36 Å². The molecular formula is C22H18N6O3. The number of rotatable bonds is 5. The maximum atomic E-state index is 12.1. The minimum absolute atomic E-state index is 0.0439. The van der Waals surface area contributed by atoms with E-state index in [-0.39, 0.29) is 18.0 Å². The number of hydrogen-bond donors (Lipinski definition) is 3. The molecule has 5 aromatic rings. The van der Waals surface area contributed by atoms with Crippen molar-refractivity contribution in [2.75, 3.05) is 0 Å². The number of aromatic amines is 2. The van der Waals surface area contributed by atoms with Gasteiger partial charge >= 0.3 is 5.69 Å². The Morgan fingerprint density at radius 3 is 2.81 bits per heavy atom. The van der Waals surface area contributed by atoms with Crippen molar-refractivity contribution in [2.45, 2.75) is 13.3 Å². The number of hydrogen-bond acceptors (Lipinski definition) is 5. The summed E-state index contributed by atoms with van der Waals surface area (Å²) in [7, 11) is 0. The Balaban J connectivity index is 1.58. The molecule has 0 aliphatic heterocycles. The number of imidazole rings is 1. The summed E-state index contributed by atoms with van der Waals surface area (Å²) in [5.41, 5.74) is 9.51. The molecule has 3 heterocycles. The molecule has 0 radical (unpaired) electrons. The Labute approximate surface area is 175 Å². The normalized spacial score (nSPS) is 11.3. The predicted octanol–water partition coefficient (Wildman–Crippen LogP) is 2.70. The zero-order chi connectivity index (χ0) is 21.5. The van der Waals surface area contributed by atoms with E-state index >= 15 is 0 Å². The summed E-state index contributed by atoms with van der Waals surface area (Å²) in [4.78, 5) is 34.2. The first-order chi connectivity index (χ1) is 15.0. The van der Waals surface area contributed by atoms with E-state index in [1.807, 2.05) is 55.5 Å². The van der Waals surface area contributed by atoms with E-state index in [9.17, 15) is 9.59 Å². The van der Waals surface area contributed by atoms with Crippen LogP contribution in [0.1, 0.15) is 11.3 Å². The van der Waals surface area contributed by atoms with Gasteiger partial charge in [0.2, 0.25) is 11.7 Å². The van der Waals surface area contributed by atoms with Gasteiger partial charge in [-0.15, -0.1) is 0 Å². The summed E-state index contributed by atoms with van der Waals surface area (Å²) in [5.74, 6) is 0.162. The SMILES string of the molecule is Cc1c[nH]c(=O)n1-c1cccc(-c2noc(-c3[nH]c4ccccc4c3CC(N)=O)n2)c1. The summed E-state index contributed by atoms with van der Waals surface area (Å²) < 4.78 is 7.08. The third kappa shape index (κ3) is 3.21. The number of carbonyl (C=O) groups excluding carboxylic acids is 1. The average molecular weight is 414 g/mol. The molecule has 1 amide bonds. The minimum atomic E-state index is -0.453. The van der Waals surface area contributed by atoms with Crippen LogP contribution in [0.25, 0.3) is 39.6 Å². The number of nitrogens with two attached hydrogens (primary N) is 1. The van der Waals surface area contributed by atoms with Gasteiger partial charge in [0.15, 0.2) is 0 Å². The fourth-order valence-electron chi connectivity index (χ4n) is 3.74. The maximum Gasteiger partial charge on any atom is 0.330 e. The summed E-state index contributed by atoms with van der Waals surface area (Å²) in [6.07, 6.45) is 1.69. The summed E-state index contributed by atoms with van der Waals surface area (Å²) in [6, 6.07) is 14.9. The van der Waals surface area contributed by atoms with Crippen molar-refractivity contribution in [1.82, 2.24) is 24.7 Å². The molecule has 0 fully saturated rings. The van der Waals surface area contributed by atoms with Crippen LogP contribution in [0.15, 0.2) is 64.0 Å². The molecule has 2 aromatic carbocycles. The molecule has 154 valence electrons. The number of fused-ring (bicyclic) bond motifs is 1. The maximum absolute atomic E-state index is 12.1.